The number of hydrogen-bond donors (Lipinski definition) is 4. The smallest absolute Gasteiger partial charge is 0.255 e. The fourth-order valence-electron chi connectivity index (χ4n) is 5.69. The van der Waals surface area contributed by atoms with Crippen molar-refractivity contribution in [2.24, 2.45) is 23.5 Å². The number of phenolic OH excluding ortho intramolecular Hbond substituents is 1. The van der Waals surface area contributed by atoms with Crippen LogP contribution in [0.25, 0.3) is 16.9 Å². The number of phenols is 1. The summed E-state index contributed by atoms with van der Waals surface area (Å²) in [5.74, 6) is -5.65. The van der Waals surface area contributed by atoms with Crippen molar-refractivity contribution in [3.8, 4) is 16.9 Å². The Morgan fingerprint density at radius 2 is 1.82 bits per heavy atom. The molecule has 1 saturated carbocycles. The third kappa shape index (κ3) is 3.06. The number of benzene rings is 2. The highest BCUT2D eigenvalue weighted by Gasteiger charge is 2.50. The summed E-state index contributed by atoms with van der Waals surface area (Å²) in [7, 11) is 0. The first-order valence-corrected chi connectivity index (χ1v) is 10.9. The number of allylic oxidation sites excluding steroid dienone is 2. The molecule has 3 aliphatic rings. The first kappa shape index (κ1) is 21.6. The number of Topliss-reactive ketones (excluding diaryl/α,β-unsaturated/α-hetero) is 2. The molecule has 0 spiro atoms. The van der Waals surface area contributed by atoms with Gasteiger partial charge >= 0.3 is 0 Å². The molecule has 0 radical (unpaired) electrons. The molecule has 1 fully saturated rings. The van der Waals surface area contributed by atoms with Gasteiger partial charge in [0.15, 0.2) is 11.6 Å². The van der Waals surface area contributed by atoms with Crippen molar-refractivity contribution < 1.29 is 34.5 Å². The molecule has 0 aliphatic heterocycles. The van der Waals surface area contributed by atoms with E-state index in [1.165, 1.54) is 6.07 Å². The highest BCUT2D eigenvalue weighted by atomic mass is 16.3. The molecule has 8 heteroatoms. The lowest BCUT2D eigenvalue weighted by Gasteiger charge is -2.41. The monoisotopic (exact) mass is 459 g/mol. The Balaban J connectivity index is 1.67. The van der Waals surface area contributed by atoms with Crippen molar-refractivity contribution in [1.29, 1.82) is 0 Å². The molecule has 3 unspecified atom stereocenters. The van der Waals surface area contributed by atoms with Crippen molar-refractivity contribution >= 4 is 29.5 Å². The zero-order chi connectivity index (χ0) is 24.3. The van der Waals surface area contributed by atoms with Gasteiger partial charge in [-0.25, -0.2) is 0 Å². The van der Waals surface area contributed by atoms with Gasteiger partial charge in [-0.05, 0) is 53.5 Å². The number of ketones is 2. The van der Waals surface area contributed by atoms with Gasteiger partial charge < -0.3 is 21.1 Å². The summed E-state index contributed by atoms with van der Waals surface area (Å²) >= 11 is 0. The third-order valence-corrected chi connectivity index (χ3v) is 7.11. The van der Waals surface area contributed by atoms with Crippen molar-refractivity contribution in [1.82, 2.24) is 0 Å². The zero-order valence-electron chi connectivity index (χ0n) is 17.9. The zero-order valence-corrected chi connectivity index (χ0v) is 17.9. The van der Waals surface area contributed by atoms with E-state index in [-0.39, 0.29) is 29.1 Å². The predicted octanol–water partition coefficient (Wildman–Crippen LogP) is 2.79. The van der Waals surface area contributed by atoms with Crippen molar-refractivity contribution in [2.45, 2.75) is 19.3 Å². The molecule has 0 aromatic heterocycles. The average molecular weight is 459 g/mol. The van der Waals surface area contributed by atoms with Gasteiger partial charge in [0.05, 0.1) is 11.5 Å². The molecule has 3 atom stereocenters. The fraction of sp³-hybridized carbons (Fsp3) is 0.231. The maximum absolute atomic E-state index is 13.5. The molecule has 2 aromatic carbocycles. The van der Waals surface area contributed by atoms with Crippen LogP contribution in [0.15, 0.2) is 53.3 Å². The molecule has 0 saturated heterocycles. The minimum Gasteiger partial charge on any atom is -0.511 e. The van der Waals surface area contributed by atoms with Gasteiger partial charge in [0.25, 0.3) is 5.91 Å². The summed E-state index contributed by atoms with van der Waals surface area (Å²) in [6, 6.07) is 10.0. The topological polar surface area (TPSA) is 155 Å². The van der Waals surface area contributed by atoms with Gasteiger partial charge in [0.1, 0.15) is 29.1 Å². The van der Waals surface area contributed by atoms with Gasteiger partial charge in [-0.1, -0.05) is 24.3 Å². The van der Waals surface area contributed by atoms with E-state index in [1.54, 1.807) is 24.3 Å². The largest absolute Gasteiger partial charge is 0.511 e. The minimum absolute atomic E-state index is 0.0626. The Hall–Kier alpha value is -4.20. The number of carbonyl (C=O) groups excluding carboxylic acids is 4. The SMILES string of the molecule is NC(=O)C1=C(O)C2C(=O)C3=C(O)c4c(O)ccc(-c5cccc(C=O)c5)c4CC3CC2CC1=O. The van der Waals surface area contributed by atoms with Crippen LogP contribution in [0.5, 0.6) is 5.75 Å². The maximum atomic E-state index is 13.5. The van der Waals surface area contributed by atoms with Crippen LogP contribution in [0.2, 0.25) is 0 Å². The fourth-order valence-corrected chi connectivity index (χ4v) is 5.69. The van der Waals surface area contributed by atoms with Crippen LogP contribution in [-0.2, 0) is 20.8 Å². The van der Waals surface area contributed by atoms with Crippen molar-refractivity contribution in [3.05, 3.63) is 70.0 Å². The number of nitrogens with two attached hydrogens (primary N) is 1. The lowest BCUT2D eigenvalue weighted by Crippen LogP contribution is -2.44. The standard InChI is InChI=1S/C26H21NO7/c27-26(34)22-18(30)9-14-7-13-8-16-15(12-3-1-2-11(6-12)10-28)4-5-17(29)21(16)24(32)19(13)23(31)20(14)25(22)33/h1-6,10,13-14,20,29,32-33H,7-9H2,(H2,27,34). The van der Waals surface area contributed by atoms with Gasteiger partial charge in [0.2, 0.25) is 0 Å². The summed E-state index contributed by atoms with van der Waals surface area (Å²) < 4.78 is 0. The van der Waals surface area contributed by atoms with Crippen LogP contribution in [-0.4, -0.2) is 39.1 Å². The molecule has 34 heavy (non-hydrogen) atoms. The number of primary amides is 1. The Bertz CT molecular complexity index is 1370. The number of aldehydes is 1. The van der Waals surface area contributed by atoms with E-state index in [1.807, 2.05) is 6.07 Å². The molecule has 5 rings (SSSR count). The quantitative estimate of drug-likeness (QED) is 0.406. The summed E-state index contributed by atoms with van der Waals surface area (Å²) in [6.07, 6.45) is 1.25. The second kappa shape index (κ2) is 7.69. The van der Waals surface area contributed by atoms with Crippen LogP contribution in [0.1, 0.15) is 34.3 Å². The van der Waals surface area contributed by atoms with Crippen molar-refractivity contribution in [2.75, 3.05) is 0 Å². The Morgan fingerprint density at radius 1 is 1.06 bits per heavy atom. The predicted molar refractivity (Wildman–Crippen MR) is 121 cm³/mol. The summed E-state index contributed by atoms with van der Waals surface area (Å²) in [5.41, 5.74) is 7.38. The first-order chi connectivity index (χ1) is 16.2. The van der Waals surface area contributed by atoms with E-state index in [4.69, 9.17) is 5.73 Å². The van der Waals surface area contributed by atoms with Gasteiger partial charge in [-0.2, -0.15) is 0 Å². The van der Waals surface area contributed by atoms with E-state index in [0.29, 0.717) is 29.5 Å². The van der Waals surface area contributed by atoms with E-state index in [0.717, 1.165) is 11.8 Å². The number of rotatable bonds is 3. The molecule has 0 bridgehead atoms. The number of carbonyl (C=O) groups is 4. The van der Waals surface area contributed by atoms with E-state index in [2.05, 4.69) is 0 Å². The number of aromatic hydroxyl groups is 1. The van der Waals surface area contributed by atoms with Crippen LogP contribution >= 0.6 is 0 Å². The summed E-state index contributed by atoms with van der Waals surface area (Å²) in [4.78, 5) is 48.8. The number of amides is 1. The normalized spacial score (nSPS) is 23.8. The molecule has 8 nitrogen and oxygen atoms in total. The second-order valence-electron chi connectivity index (χ2n) is 8.98. The van der Waals surface area contributed by atoms with Gasteiger partial charge in [0, 0.05) is 17.6 Å². The molecular formula is C26H21NO7. The molecule has 3 aliphatic carbocycles. The average Bonchev–Trinajstić information content (AvgIpc) is 2.78. The van der Waals surface area contributed by atoms with E-state index in [9.17, 15) is 34.5 Å². The van der Waals surface area contributed by atoms with Crippen LogP contribution < -0.4 is 5.73 Å². The highest BCUT2D eigenvalue weighted by molar-refractivity contribution is 6.21. The third-order valence-electron chi connectivity index (χ3n) is 7.11. The lowest BCUT2D eigenvalue weighted by atomic mass is 9.61. The number of aliphatic hydroxyl groups excluding tert-OH is 2. The molecule has 5 N–H and O–H groups in total. The Labute approximate surface area is 194 Å². The lowest BCUT2D eigenvalue weighted by molar-refractivity contribution is -0.127. The maximum Gasteiger partial charge on any atom is 0.255 e. The van der Waals surface area contributed by atoms with Gasteiger partial charge in [-0.3, -0.25) is 19.2 Å². The Kier molecular flexibility index (Phi) is 4.89. The number of aliphatic hydroxyl groups is 2. The molecule has 172 valence electrons. The van der Waals surface area contributed by atoms with Crippen LogP contribution in [0.4, 0.5) is 0 Å². The van der Waals surface area contributed by atoms with Crippen LogP contribution in [0.3, 0.4) is 0 Å². The molecular weight excluding hydrogens is 438 g/mol. The number of hydrogen-bond acceptors (Lipinski definition) is 7. The molecule has 1 amide bonds. The van der Waals surface area contributed by atoms with Gasteiger partial charge in [-0.15, -0.1) is 0 Å². The minimum atomic E-state index is -1.15. The summed E-state index contributed by atoms with van der Waals surface area (Å²) in [5, 5.41) is 32.4. The van der Waals surface area contributed by atoms with Crippen molar-refractivity contribution in [3.63, 3.8) is 0 Å². The van der Waals surface area contributed by atoms with Crippen LogP contribution in [0, 0.1) is 17.8 Å². The first-order valence-electron chi connectivity index (χ1n) is 10.9. The van der Waals surface area contributed by atoms with E-state index >= 15 is 0 Å². The molecule has 2 aromatic rings. The van der Waals surface area contributed by atoms with E-state index < -0.39 is 46.6 Å². The molecule has 0 heterocycles. The Morgan fingerprint density at radius 3 is 2.53 bits per heavy atom. The summed E-state index contributed by atoms with van der Waals surface area (Å²) in [6.45, 7) is 0. The highest BCUT2D eigenvalue weighted by Crippen LogP contribution is 2.51. The number of fused-ring (bicyclic) bond motifs is 3. The second-order valence-corrected chi connectivity index (χ2v) is 8.98.